The monoisotopic (exact) mass is 600 g/mol. The van der Waals surface area contributed by atoms with Crippen LogP contribution in [-0.4, -0.2) is 61.2 Å². The summed E-state index contributed by atoms with van der Waals surface area (Å²) in [5.41, 5.74) is -4.68. The Morgan fingerprint density at radius 2 is 1.44 bits per heavy atom. The molecule has 2 unspecified atom stereocenters. The average Bonchev–Trinajstić information content (AvgIpc) is 2.77. The molecule has 0 aromatic heterocycles. The van der Waals surface area contributed by atoms with Crippen molar-refractivity contribution in [2.24, 2.45) is 0 Å². The van der Waals surface area contributed by atoms with Crippen LogP contribution in [0.25, 0.3) is 11.1 Å². The van der Waals surface area contributed by atoms with E-state index in [1.54, 1.807) is 0 Å². The molecule has 2 aromatic carbocycles. The fraction of sp³-hybridized carbons (Fsp3) is 0.455. The van der Waals surface area contributed by atoms with Crippen LogP contribution in [-0.2, 0) is 10.1 Å². The van der Waals surface area contributed by atoms with E-state index in [-0.39, 0.29) is 23.6 Å². The Morgan fingerprint density at radius 1 is 0.897 bits per heavy atom. The molecule has 0 heterocycles. The number of alkyl halides is 10. The first-order valence-corrected chi connectivity index (χ1v) is 12.2. The SMILES string of the molecule is Cc1ccc(-c2ccc(OC3(F)C(C)(F)C(F)(F)C3(F)F)c(OCC(F)F)c2)cc1OC(F)(F)CS(=O)(=O)O. The van der Waals surface area contributed by atoms with E-state index in [9.17, 15) is 52.3 Å². The molecule has 17 heteroatoms. The quantitative estimate of drug-likeness (QED) is 0.258. The van der Waals surface area contributed by atoms with Crippen molar-refractivity contribution in [3.05, 3.63) is 42.0 Å². The average molecular weight is 600 g/mol. The standard InChI is InChI=1S/C22H18F10O6S/c1-11-3-4-12(7-15(11)37-19(26,27)10-39(33,34)35)13-5-6-14(16(8-13)36-9-17(23)24)38-22(32)18(2,25)20(28,29)21(22,30)31/h3-8,17H,9-10H2,1-2H3,(H,33,34,35). The second kappa shape index (κ2) is 9.60. The van der Waals surface area contributed by atoms with Crippen LogP contribution in [0.5, 0.6) is 17.2 Å². The molecular formula is C22H18F10O6S. The lowest BCUT2D eigenvalue weighted by Gasteiger charge is -2.55. The highest BCUT2D eigenvalue weighted by Crippen LogP contribution is 2.68. The maximum Gasteiger partial charge on any atom is 0.414 e. The van der Waals surface area contributed by atoms with Gasteiger partial charge in [0.05, 0.1) is 0 Å². The van der Waals surface area contributed by atoms with Crippen molar-refractivity contribution in [1.82, 2.24) is 0 Å². The van der Waals surface area contributed by atoms with Crippen LogP contribution < -0.4 is 14.2 Å². The molecule has 1 saturated carbocycles. The van der Waals surface area contributed by atoms with Crippen molar-refractivity contribution in [3.8, 4) is 28.4 Å². The smallest absolute Gasteiger partial charge is 0.414 e. The van der Waals surface area contributed by atoms with Crippen molar-refractivity contribution in [1.29, 1.82) is 0 Å². The van der Waals surface area contributed by atoms with Crippen molar-refractivity contribution in [3.63, 3.8) is 0 Å². The maximum absolute atomic E-state index is 14.8. The van der Waals surface area contributed by atoms with Crippen LogP contribution in [0.1, 0.15) is 12.5 Å². The van der Waals surface area contributed by atoms with Crippen molar-refractivity contribution < 1.29 is 71.1 Å². The zero-order valence-corrected chi connectivity index (χ0v) is 20.4. The molecule has 0 saturated heterocycles. The minimum absolute atomic E-state index is 0.0395. The van der Waals surface area contributed by atoms with Gasteiger partial charge in [-0.15, -0.1) is 0 Å². The molecule has 218 valence electrons. The number of aryl methyl sites for hydroxylation is 1. The third-order valence-corrected chi connectivity index (χ3v) is 6.38. The fourth-order valence-corrected chi connectivity index (χ4v) is 4.06. The van der Waals surface area contributed by atoms with Gasteiger partial charge in [-0.05, 0) is 48.7 Å². The molecule has 0 radical (unpaired) electrons. The number of hydrogen-bond acceptors (Lipinski definition) is 5. The largest absolute Gasteiger partial charge is 0.484 e. The van der Waals surface area contributed by atoms with Crippen molar-refractivity contribution >= 4 is 10.1 Å². The summed E-state index contributed by atoms with van der Waals surface area (Å²) >= 11 is 0. The molecule has 1 N–H and O–H groups in total. The second-order valence-electron chi connectivity index (χ2n) is 8.66. The first-order chi connectivity index (χ1) is 17.5. The lowest BCUT2D eigenvalue weighted by molar-refractivity contribution is -0.480. The maximum atomic E-state index is 14.8. The van der Waals surface area contributed by atoms with E-state index in [0.717, 1.165) is 18.2 Å². The third-order valence-electron chi connectivity index (χ3n) is 5.68. The number of halogens is 10. The highest BCUT2D eigenvalue weighted by molar-refractivity contribution is 7.85. The van der Waals surface area contributed by atoms with Gasteiger partial charge < -0.3 is 14.2 Å². The van der Waals surface area contributed by atoms with E-state index in [1.165, 1.54) is 19.1 Å². The zero-order valence-electron chi connectivity index (χ0n) is 19.6. The highest BCUT2D eigenvalue weighted by atomic mass is 32.2. The molecule has 1 aliphatic rings. The van der Waals surface area contributed by atoms with Crippen LogP contribution in [0, 0.1) is 6.92 Å². The van der Waals surface area contributed by atoms with Gasteiger partial charge in [-0.1, -0.05) is 18.2 Å². The molecule has 3 rings (SSSR count). The van der Waals surface area contributed by atoms with Gasteiger partial charge >= 0.3 is 23.8 Å². The van der Waals surface area contributed by atoms with E-state index in [4.69, 9.17) is 9.29 Å². The van der Waals surface area contributed by atoms with E-state index in [2.05, 4.69) is 9.47 Å². The molecule has 39 heavy (non-hydrogen) atoms. The Morgan fingerprint density at radius 3 is 1.95 bits per heavy atom. The number of rotatable bonds is 10. The summed E-state index contributed by atoms with van der Waals surface area (Å²) in [6, 6.07) is 5.65. The van der Waals surface area contributed by atoms with Crippen molar-refractivity contribution in [2.45, 2.75) is 49.8 Å². The Hall–Kier alpha value is -2.95. The highest BCUT2D eigenvalue weighted by Gasteiger charge is 2.98. The van der Waals surface area contributed by atoms with Crippen LogP contribution >= 0.6 is 0 Å². The summed E-state index contributed by atoms with van der Waals surface area (Å²) in [5.74, 6) is -20.9. The Labute approximate surface area is 214 Å². The van der Waals surface area contributed by atoms with E-state index >= 15 is 0 Å². The van der Waals surface area contributed by atoms with Crippen LogP contribution in [0.3, 0.4) is 0 Å². The minimum atomic E-state index is -5.67. The summed E-state index contributed by atoms with van der Waals surface area (Å²) < 4.78 is 181. The van der Waals surface area contributed by atoms with Gasteiger partial charge in [-0.3, -0.25) is 4.55 Å². The van der Waals surface area contributed by atoms with Crippen LogP contribution in [0.15, 0.2) is 36.4 Å². The van der Waals surface area contributed by atoms with Gasteiger partial charge in [-0.25, -0.2) is 13.2 Å². The topological polar surface area (TPSA) is 82.1 Å². The normalized spacial score (nSPS) is 24.3. The first kappa shape index (κ1) is 30.6. The Kier molecular flexibility index (Phi) is 7.53. The van der Waals surface area contributed by atoms with E-state index in [0.29, 0.717) is 6.07 Å². The molecule has 1 aliphatic carbocycles. The molecule has 2 atom stereocenters. The molecule has 0 aliphatic heterocycles. The number of ether oxygens (including phenoxy) is 3. The van der Waals surface area contributed by atoms with E-state index < -0.39 is 75.6 Å². The molecular weight excluding hydrogens is 582 g/mol. The second-order valence-corrected chi connectivity index (χ2v) is 10.1. The summed E-state index contributed by atoms with van der Waals surface area (Å²) in [4.78, 5) is 0. The molecule has 1 fully saturated rings. The lowest BCUT2D eigenvalue weighted by atomic mass is 9.69. The van der Waals surface area contributed by atoms with Gasteiger partial charge in [0.1, 0.15) is 12.4 Å². The fourth-order valence-electron chi connectivity index (χ4n) is 3.57. The molecule has 0 amide bonds. The van der Waals surface area contributed by atoms with Gasteiger partial charge in [-0.2, -0.15) is 39.2 Å². The number of hydrogen-bond donors (Lipinski definition) is 1. The summed E-state index contributed by atoms with van der Waals surface area (Å²) in [7, 11) is -5.16. The minimum Gasteiger partial charge on any atom is -0.484 e. The van der Waals surface area contributed by atoms with Crippen LogP contribution in [0.2, 0.25) is 0 Å². The molecule has 6 nitrogen and oxygen atoms in total. The van der Waals surface area contributed by atoms with Gasteiger partial charge in [0, 0.05) is 0 Å². The molecule has 0 bridgehead atoms. The Balaban J connectivity index is 2.01. The van der Waals surface area contributed by atoms with Gasteiger partial charge in [0.25, 0.3) is 22.2 Å². The van der Waals surface area contributed by atoms with E-state index in [1.807, 2.05) is 0 Å². The Bertz CT molecular complexity index is 1330. The number of benzene rings is 2. The van der Waals surface area contributed by atoms with Crippen molar-refractivity contribution in [2.75, 3.05) is 12.4 Å². The lowest BCUT2D eigenvalue weighted by Crippen LogP contribution is -2.86. The molecule has 0 spiro atoms. The van der Waals surface area contributed by atoms with Crippen LogP contribution in [0.4, 0.5) is 43.9 Å². The summed E-state index contributed by atoms with van der Waals surface area (Å²) in [6.45, 7) is -0.327. The zero-order chi connectivity index (χ0) is 29.8. The van der Waals surface area contributed by atoms with Gasteiger partial charge in [0.2, 0.25) is 0 Å². The molecule has 2 aromatic rings. The summed E-state index contributed by atoms with van der Waals surface area (Å²) in [5, 5.41) is 0. The third kappa shape index (κ3) is 5.42. The van der Waals surface area contributed by atoms with Gasteiger partial charge in [0.15, 0.2) is 17.3 Å². The predicted octanol–water partition coefficient (Wildman–Crippen LogP) is 6.22. The first-order valence-electron chi connectivity index (χ1n) is 10.6. The summed E-state index contributed by atoms with van der Waals surface area (Å²) in [6.07, 6.45) is -7.57. The predicted molar refractivity (Wildman–Crippen MR) is 114 cm³/mol.